The van der Waals surface area contributed by atoms with Crippen LogP contribution in [0.5, 0.6) is 0 Å². The summed E-state index contributed by atoms with van der Waals surface area (Å²) in [5.41, 5.74) is 5.15. The van der Waals surface area contributed by atoms with Gasteiger partial charge in [-0.25, -0.2) is 0 Å². The minimum absolute atomic E-state index is 0.0741. The monoisotopic (exact) mass is 371 g/mol. The molecule has 0 saturated heterocycles. The van der Waals surface area contributed by atoms with Crippen molar-refractivity contribution in [3.63, 3.8) is 0 Å². The Hall–Kier alpha value is -1.61. The van der Waals surface area contributed by atoms with Gasteiger partial charge in [0.15, 0.2) is 0 Å². The van der Waals surface area contributed by atoms with E-state index in [0.29, 0.717) is 6.42 Å². The molecule has 1 aliphatic carbocycles. The highest BCUT2D eigenvalue weighted by Crippen LogP contribution is 2.23. The third-order valence-corrected chi connectivity index (χ3v) is 5.07. The molecule has 2 aromatic carbocycles. The van der Waals surface area contributed by atoms with E-state index in [-0.39, 0.29) is 11.9 Å². The lowest BCUT2D eigenvalue weighted by Crippen LogP contribution is -2.29. The maximum absolute atomic E-state index is 12.4. The summed E-state index contributed by atoms with van der Waals surface area (Å²) in [7, 11) is 0. The topological polar surface area (TPSA) is 29.1 Å². The lowest BCUT2D eigenvalue weighted by Gasteiger charge is -2.18. The van der Waals surface area contributed by atoms with E-state index in [1.54, 1.807) is 0 Å². The smallest absolute Gasteiger partial charge is 0.224 e. The fourth-order valence-corrected chi connectivity index (χ4v) is 3.55. The summed E-state index contributed by atoms with van der Waals surface area (Å²) in [5.74, 6) is 0.0951. The molecule has 0 spiro atoms. The van der Waals surface area contributed by atoms with Crippen LogP contribution in [-0.2, 0) is 24.1 Å². The Kier molecular flexibility index (Phi) is 5.16. The van der Waals surface area contributed by atoms with E-state index in [0.717, 1.165) is 28.4 Å². The molecule has 2 aromatic rings. The minimum Gasteiger partial charge on any atom is -0.349 e. The van der Waals surface area contributed by atoms with Crippen molar-refractivity contribution in [1.29, 1.82) is 0 Å². The van der Waals surface area contributed by atoms with Gasteiger partial charge in [0.1, 0.15) is 0 Å². The number of carbonyl (C=O) groups is 1. The van der Waals surface area contributed by atoms with Gasteiger partial charge < -0.3 is 5.32 Å². The van der Waals surface area contributed by atoms with Crippen LogP contribution in [0.3, 0.4) is 0 Å². The summed E-state index contributed by atoms with van der Waals surface area (Å²) in [6, 6.07) is 14.7. The third kappa shape index (κ3) is 4.03. The molecule has 1 atom stereocenters. The standard InChI is InChI=1S/C20H22BrNO/c1-2-19(16-8-10-18(21)11-9-16)22-20(23)13-14-6-7-15-4-3-5-17(15)12-14/h6-12,19H,2-5,13H2,1H3,(H,22,23)/t19-/m0/s1. The fourth-order valence-electron chi connectivity index (χ4n) is 3.28. The van der Waals surface area contributed by atoms with Crippen LogP contribution in [0.1, 0.15) is 48.1 Å². The number of rotatable bonds is 5. The van der Waals surface area contributed by atoms with Crippen molar-refractivity contribution in [3.05, 3.63) is 69.2 Å². The van der Waals surface area contributed by atoms with Gasteiger partial charge in [-0.05, 0) is 60.1 Å². The van der Waals surface area contributed by atoms with Crippen molar-refractivity contribution in [2.75, 3.05) is 0 Å². The number of carbonyl (C=O) groups excluding carboxylic acids is 1. The fraction of sp³-hybridized carbons (Fsp3) is 0.350. The van der Waals surface area contributed by atoms with E-state index in [2.05, 4.69) is 58.5 Å². The van der Waals surface area contributed by atoms with Gasteiger partial charge >= 0.3 is 0 Å². The van der Waals surface area contributed by atoms with Crippen LogP contribution in [0.25, 0.3) is 0 Å². The number of hydrogen-bond acceptors (Lipinski definition) is 1. The minimum atomic E-state index is 0.0741. The van der Waals surface area contributed by atoms with Gasteiger partial charge in [-0.2, -0.15) is 0 Å². The Morgan fingerprint density at radius 3 is 2.61 bits per heavy atom. The van der Waals surface area contributed by atoms with E-state index in [4.69, 9.17) is 0 Å². The second kappa shape index (κ2) is 7.31. The highest BCUT2D eigenvalue weighted by Gasteiger charge is 2.15. The zero-order valence-corrected chi connectivity index (χ0v) is 15.0. The molecular weight excluding hydrogens is 350 g/mol. The van der Waals surface area contributed by atoms with Crippen LogP contribution >= 0.6 is 15.9 Å². The SMILES string of the molecule is CC[C@H](NC(=O)Cc1ccc2c(c1)CCC2)c1ccc(Br)cc1. The number of benzene rings is 2. The highest BCUT2D eigenvalue weighted by atomic mass is 79.9. The van der Waals surface area contributed by atoms with E-state index in [1.165, 1.54) is 24.0 Å². The highest BCUT2D eigenvalue weighted by molar-refractivity contribution is 9.10. The van der Waals surface area contributed by atoms with Gasteiger partial charge in [0.05, 0.1) is 12.5 Å². The summed E-state index contributed by atoms with van der Waals surface area (Å²) in [5, 5.41) is 3.16. The van der Waals surface area contributed by atoms with E-state index < -0.39 is 0 Å². The number of halogens is 1. The number of fused-ring (bicyclic) bond motifs is 1. The molecule has 2 nitrogen and oxygen atoms in total. The molecule has 0 bridgehead atoms. The lowest BCUT2D eigenvalue weighted by molar-refractivity contribution is -0.121. The third-order valence-electron chi connectivity index (χ3n) is 4.54. The van der Waals surface area contributed by atoms with Crippen molar-refractivity contribution in [3.8, 4) is 0 Å². The Labute approximate surface area is 146 Å². The molecule has 0 heterocycles. The van der Waals surface area contributed by atoms with E-state index in [1.807, 2.05) is 12.1 Å². The first-order valence-corrected chi connectivity index (χ1v) is 9.10. The Balaban J connectivity index is 1.64. The van der Waals surface area contributed by atoms with Crippen molar-refractivity contribution < 1.29 is 4.79 Å². The van der Waals surface area contributed by atoms with Gasteiger partial charge in [0.25, 0.3) is 0 Å². The molecule has 3 heteroatoms. The average Bonchev–Trinajstić information content (AvgIpc) is 3.01. The van der Waals surface area contributed by atoms with Crippen LogP contribution < -0.4 is 5.32 Å². The van der Waals surface area contributed by atoms with Crippen molar-refractivity contribution in [2.24, 2.45) is 0 Å². The van der Waals surface area contributed by atoms with Gasteiger partial charge in [0, 0.05) is 4.47 Å². The second-order valence-electron chi connectivity index (χ2n) is 6.21. The molecular formula is C20H22BrNO. The van der Waals surface area contributed by atoms with E-state index >= 15 is 0 Å². The molecule has 1 amide bonds. The predicted octanol–water partition coefficient (Wildman–Crippen LogP) is 4.75. The molecule has 23 heavy (non-hydrogen) atoms. The zero-order chi connectivity index (χ0) is 16.2. The predicted molar refractivity (Wildman–Crippen MR) is 97.5 cm³/mol. The van der Waals surface area contributed by atoms with Gasteiger partial charge in [-0.3, -0.25) is 4.79 Å². The maximum Gasteiger partial charge on any atom is 0.224 e. The molecule has 0 saturated carbocycles. The Morgan fingerprint density at radius 1 is 1.13 bits per heavy atom. The summed E-state index contributed by atoms with van der Waals surface area (Å²) < 4.78 is 1.06. The lowest BCUT2D eigenvalue weighted by atomic mass is 10.0. The molecule has 0 unspecified atom stereocenters. The Bertz CT molecular complexity index is 693. The van der Waals surface area contributed by atoms with Gasteiger partial charge in [-0.15, -0.1) is 0 Å². The normalized spacial score (nSPS) is 14.3. The number of hydrogen-bond donors (Lipinski definition) is 1. The number of amides is 1. The zero-order valence-electron chi connectivity index (χ0n) is 13.4. The summed E-state index contributed by atoms with van der Waals surface area (Å²) in [6.45, 7) is 2.10. The summed E-state index contributed by atoms with van der Waals surface area (Å²) >= 11 is 3.45. The first-order chi connectivity index (χ1) is 11.2. The van der Waals surface area contributed by atoms with Crippen LogP contribution in [0.15, 0.2) is 46.9 Å². The van der Waals surface area contributed by atoms with Gasteiger partial charge in [-0.1, -0.05) is 53.2 Å². The molecule has 0 aliphatic heterocycles. The van der Waals surface area contributed by atoms with Gasteiger partial charge in [0.2, 0.25) is 5.91 Å². The first kappa shape index (κ1) is 16.3. The van der Waals surface area contributed by atoms with Crippen LogP contribution in [0.2, 0.25) is 0 Å². The van der Waals surface area contributed by atoms with Crippen molar-refractivity contribution in [1.82, 2.24) is 5.32 Å². The molecule has 0 aromatic heterocycles. The average molecular weight is 372 g/mol. The molecule has 0 fully saturated rings. The second-order valence-corrected chi connectivity index (χ2v) is 7.13. The quantitative estimate of drug-likeness (QED) is 0.807. The van der Waals surface area contributed by atoms with Crippen LogP contribution in [0.4, 0.5) is 0 Å². The summed E-state index contributed by atoms with van der Waals surface area (Å²) in [6.07, 6.45) is 4.93. The largest absolute Gasteiger partial charge is 0.349 e. The molecule has 1 N–H and O–H groups in total. The van der Waals surface area contributed by atoms with Crippen molar-refractivity contribution >= 4 is 21.8 Å². The van der Waals surface area contributed by atoms with Crippen LogP contribution in [-0.4, -0.2) is 5.91 Å². The van der Waals surface area contributed by atoms with Crippen molar-refractivity contribution in [2.45, 2.75) is 45.1 Å². The summed E-state index contributed by atoms with van der Waals surface area (Å²) in [4.78, 5) is 12.4. The number of nitrogens with one attached hydrogen (secondary N) is 1. The molecule has 120 valence electrons. The molecule has 0 radical (unpaired) electrons. The van der Waals surface area contributed by atoms with E-state index in [9.17, 15) is 4.79 Å². The number of aryl methyl sites for hydroxylation is 2. The molecule has 3 rings (SSSR count). The molecule has 1 aliphatic rings. The maximum atomic E-state index is 12.4. The first-order valence-electron chi connectivity index (χ1n) is 8.31. The van der Waals surface area contributed by atoms with Crippen LogP contribution in [0, 0.1) is 0 Å². The Morgan fingerprint density at radius 2 is 1.87 bits per heavy atom.